The van der Waals surface area contributed by atoms with Gasteiger partial charge in [-0.2, -0.15) is 5.10 Å². The van der Waals surface area contributed by atoms with Crippen molar-refractivity contribution in [2.24, 2.45) is 0 Å². The van der Waals surface area contributed by atoms with Gasteiger partial charge in [0.05, 0.1) is 28.0 Å². The second kappa shape index (κ2) is 7.04. The van der Waals surface area contributed by atoms with Gasteiger partial charge in [0, 0.05) is 19.3 Å². The van der Waals surface area contributed by atoms with E-state index in [0.29, 0.717) is 28.7 Å². The number of benzene rings is 1. The second-order valence-electron chi connectivity index (χ2n) is 6.13. The van der Waals surface area contributed by atoms with E-state index < -0.39 is 10.0 Å². The van der Waals surface area contributed by atoms with Crippen molar-refractivity contribution in [2.75, 3.05) is 13.1 Å². The third kappa shape index (κ3) is 3.94. The molecule has 0 spiro atoms. The van der Waals surface area contributed by atoms with Crippen LogP contribution in [0.1, 0.15) is 30.0 Å². The molecule has 1 aromatic carbocycles. The van der Waals surface area contributed by atoms with Gasteiger partial charge in [0.2, 0.25) is 10.0 Å². The Morgan fingerprint density at radius 3 is 2.50 bits per heavy atom. The van der Waals surface area contributed by atoms with Gasteiger partial charge in [-0.25, -0.2) is 12.7 Å². The van der Waals surface area contributed by atoms with Crippen LogP contribution >= 0.6 is 23.2 Å². The molecule has 0 bridgehead atoms. The lowest BCUT2D eigenvalue weighted by Gasteiger charge is -2.31. The zero-order valence-corrected chi connectivity index (χ0v) is 15.7. The standard InChI is InChI=1S/C16H19Cl2N3O2S/c1-12-9-19-21(10-12)14-4-6-20(7-5-14)24(22,23)11-13-2-3-15(17)16(18)8-13/h2-3,8-10,14H,4-7,11H2,1H3. The predicted molar refractivity (Wildman–Crippen MR) is 95.9 cm³/mol. The monoisotopic (exact) mass is 387 g/mol. The molecule has 1 fully saturated rings. The quantitative estimate of drug-likeness (QED) is 0.803. The lowest BCUT2D eigenvalue weighted by atomic mass is 10.1. The third-order valence-electron chi connectivity index (χ3n) is 4.25. The van der Waals surface area contributed by atoms with Crippen molar-refractivity contribution in [3.63, 3.8) is 0 Å². The van der Waals surface area contributed by atoms with Crippen molar-refractivity contribution in [3.05, 3.63) is 51.8 Å². The Hall–Kier alpha value is -1.08. The molecule has 0 unspecified atom stereocenters. The van der Waals surface area contributed by atoms with Gasteiger partial charge in [0.1, 0.15) is 0 Å². The predicted octanol–water partition coefficient (Wildman–Crippen LogP) is 3.67. The Labute approximate surface area is 152 Å². The minimum atomic E-state index is -3.36. The van der Waals surface area contributed by atoms with Gasteiger partial charge in [-0.3, -0.25) is 4.68 Å². The maximum absolute atomic E-state index is 12.6. The number of nitrogens with zero attached hydrogens (tertiary/aromatic N) is 3. The van der Waals surface area contributed by atoms with E-state index in [1.807, 2.05) is 24.0 Å². The molecule has 0 saturated carbocycles. The van der Waals surface area contributed by atoms with Crippen molar-refractivity contribution in [2.45, 2.75) is 31.6 Å². The van der Waals surface area contributed by atoms with Crippen LogP contribution in [-0.2, 0) is 15.8 Å². The number of hydrogen-bond donors (Lipinski definition) is 0. The van der Waals surface area contributed by atoms with Crippen LogP contribution in [-0.4, -0.2) is 35.6 Å². The van der Waals surface area contributed by atoms with Gasteiger partial charge in [0.15, 0.2) is 0 Å². The highest BCUT2D eigenvalue weighted by molar-refractivity contribution is 7.88. The maximum Gasteiger partial charge on any atom is 0.218 e. The first-order chi connectivity index (χ1) is 11.3. The van der Waals surface area contributed by atoms with E-state index in [1.165, 1.54) is 0 Å². The summed E-state index contributed by atoms with van der Waals surface area (Å²) < 4.78 is 28.8. The molecule has 8 heteroatoms. The van der Waals surface area contributed by atoms with Gasteiger partial charge in [0.25, 0.3) is 0 Å². The normalized spacial score (nSPS) is 17.3. The Morgan fingerprint density at radius 2 is 1.92 bits per heavy atom. The van der Waals surface area contributed by atoms with Gasteiger partial charge in [-0.1, -0.05) is 29.3 Å². The van der Waals surface area contributed by atoms with Gasteiger partial charge < -0.3 is 0 Å². The van der Waals surface area contributed by atoms with Crippen LogP contribution in [0, 0.1) is 6.92 Å². The van der Waals surface area contributed by atoms with Gasteiger partial charge >= 0.3 is 0 Å². The fourth-order valence-corrected chi connectivity index (χ4v) is 4.82. The molecule has 0 radical (unpaired) electrons. The molecule has 3 rings (SSSR count). The summed E-state index contributed by atoms with van der Waals surface area (Å²) in [6.07, 6.45) is 5.36. The molecule has 1 aliphatic rings. The molecule has 5 nitrogen and oxygen atoms in total. The minimum absolute atomic E-state index is 0.0601. The molecular weight excluding hydrogens is 369 g/mol. The summed E-state index contributed by atoms with van der Waals surface area (Å²) in [5.41, 5.74) is 1.76. The molecule has 1 aromatic heterocycles. The molecule has 2 heterocycles. The van der Waals surface area contributed by atoms with Crippen LogP contribution < -0.4 is 0 Å². The lowest BCUT2D eigenvalue weighted by Crippen LogP contribution is -2.39. The molecule has 2 aromatic rings. The SMILES string of the molecule is Cc1cnn(C2CCN(S(=O)(=O)Cc3ccc(Cl)c(Cl)c3)CC2)c1. The first-order valence-corrected chi connectivity index (χ1v) is 10.1. The van der Waals surface area contributed by atoms with Gasteiger partial charge in [-0.05, 0) is 43.0 Å². The zero-order chi connectivity index (χ0) is 17.3. The first kappa shape index (κ1) is 17.7. The molecular formula is C16H19Cl2N3O2S. The average Bonchev–Trinajstić information content (AvgIpc) is 2.97. The Kier molecular flexibility index (Phi) is 5.20. The largest absolute Gasteiger partial charge is 0.269 e. The second-order valence-corrected chi connectivity index (χ2v) is 8.92. The summed E-state index contributed by atoms with van der Waals surface area (Å²) in [5, 5.41) is 5.13. The molecule has 0 aliphatic carbocycles. The van der Waals surface area contributed by atoms with Crippen molar-refractivity contribution in [1.29, 1.82) is 0 Å². The lowest BCUT2D eigenvalue weighted by molar-refractivity contribution is 0.261. The van der Waals surface area contributed by atoms with E-state index in [9.17, 15) is 8.42 Å². The van der Waals surface area contributed by atoms with Crippen LogP contribution in [0.15, 0.2) is 30.6 Å². The Balaban J connectivity index is 1.65. The molecule has 1 aliphatic heterocycles. The fourth-order valence-electron chi connectivity index (χ4n) is 2.95. The molecule has 1 saturated heterocycles. The number of rotatable bonds is 4. The smallest absolute Gasteiger partial charge is 0.218 e. The van der Waals surface area contributed by atoms with Crippen LogP contribution in [0.3, 0.4) is 0 Å². The highest BCUT2D eigenvalue weighted by Crippen LogP contribution is 2.27. The first-order valence-electron chi connectivity index (χ1n) is 7.78. The maximum atomic E-state index is 12.6. The Morgan fingerprint density at radius 1 is 1.21 bits per heavy atom. The number of halogens is 2. The van der Waals surface area contributed by atoms with E-state index in [1.54, 1.807) is 22.5 Å². The summed E-state index contributed by atoms with van der Waals surface area (Å²) in [6, 6.07) is 5.20. The topological polar surface area (TPSA) is 55.2 Å². The van der Waals surface area contributed by atoms with Crippen molar-refractivity contribution in [3.8, 4) is 0 Å². The van der Waals surface area contributed by atoms with Crippen molar-refractivity contribution in [1.82, 2.24) is 14.1 Å². The molecule has 0 amide bonds. The summed E-state index contributed by atoms with van der Waals surface area (Å²) in [6.45, 7) is 3.01. The summed E-state index contributed by atoms with van der Waals surface area (Å²) in [5.74, 6) is -0.0601. The number of aromatic nitrogens is 2. The number of aryl methyl sites for hydroxylation is 1. The van der Waals surface area contributed by atoms with E-state index in [0.717, 1.165) is 18.4 Å². The molecule has 130 valence electrons. The van der Waals surface area contributed by atoms with Crippen LogP contribution in [0.25, 0.3) is 0 Å². The third-order valence-corrected chi connectivity index (χ3v) is 6.84. The summed E-state index contributed by atoms with van der Waals surface area (Å²) in [4.78, 5) is 0. The molecule has 0 atom stereocenters. The number of sulfonamides is 1. The van der Waals surface area contributed by atoms with E-state index in [-0.39, 0.29) is 11.8 Å². The minimum Gasteiger partial charge on any atom is -0.269 e. The van der Waals surface area contributed by atoms with E-state index in [2.05, 4.69) is 5.10 Å². The van der Waals surface area contributed by atoms with Crippen molar-refractivity contribution >= 4 is 33.2 Å². The van der Waals surface area contributed by atoms with Crippen molar-refractivity contribution < 1.29 is 8.42 Å². The van der Waals surface area contributed by atoms with Gasteiger partial charge in [-0.15, -0.1) is 0 Å². The number of piperidine rings is 1. The van der Waals surface area contributed by atoms with Crippen LogP contribution in [0.5, 0.6) is 0 Å². The summed E-state index contributed by atoms with van der Waals surface area (Å²) in [7, 11) is -3.36. The van der Waals surface area contributed by atoms with E-state index in [4.69, 9.17) is 23.2 Å². The average molecular weight is 388 g/mol. The van der Waals surface area contributed by atoms with Crippen LogP contribution in [0.4, 0.5) is 0 Å². The highest BCUT2D eigenvalue weighted by atomic mass is 35.5. The highest BCUT2D eigenvalue weighted by Gasteiger charge is 2.29. The molecule has 0 N–H and O–H groups in total. The fraction of sp³-hybridized carbons (Fsp3) is 0.438. The number of hydrogen-bond acceptors (Lipinski definition) is 3. The zero-order valence-electron chi connectivity index (χ0n) is 13.3. The summed E-state index contributed by atoms with van der Waals surface area (Å²) >= 11 is 11.8. The Bertz CT molecular complexity index is 828. The van der Waals surface area contributed by atoms with Crippen LogP contribution in [0.2, 0.25) is 10.0 Å². The van der Waals surface area contributed by atoms with E-state index >= 15 is 0 Å². The molecule has 24 heavy (non-hydrogen) atoms.